The van der Waals surface area contributed by atoms with Gasteiger partial charge in [-0.3, -0.25) is 4.79 Å². The van der Waals surface area contributed by atoms with Gasteiger partial charge in [-0.1, -0.05) is 0 Å². The fourth-order valence-electron chi connectivity index (χ4n) is 2.53. The summed E-state index contributed by atoms with van der Waals surface area (Å²) in [6.07, 6.45) is 0.259. The van der Waals surface area contributed by atoms with E-state index < -0.39 is 16.1 Å². The van der Waals surface area contributed by atoms with Gasteiger partial charge in [-0.05, 0) is 45.0 Å². The van der Waals surface area contributed by atoms with Gasteiger partial charge in [0.2, 0.25) is 15.9 Å². The first-order chi connectivity index (χ1) is 11.0. The molecule has 8 nitrogen and oxygen atoms in total. The van der Waals surface area contributed by atoms with Crippen molar-refractivity contribution in [3.63, 3.8) is 0 Å². The standard InChI is InChI=1S/C15H22N4O4S/c1-15(2,3)19-9-11(8-13(19)20)18-14(21)17-10-4-6-12(7-5-10)24(16,22)23/h4-7,11H,8-9H2,1-3H3,(H2,16,22,23)(H2,17,18,21). The number of rotatable bonds is 3. The quantitative estimate of drug-likeness (QED) is 0.745. The number of hydrogen-bond donors (Lipinski definition) is 3. The van der Waals surface area contributed by atoms with E-state index in [-0.39, 0.29) is 28.8 Å². The SMILES string of the molecule is CC(C)(C)N1CC(NC(=O)Nc2ccc(S(N)(=O)=O)cc2)CC1=O. The molecular formula is C15H22N4O4S. The Bertz CT molecular complexity index is 738. The summed E-state index contributed by atoms with van der Waals surface area (Å²) in [6.45, 7) is 6.29. The van der Waals surface area contributed by atoms with Crippen molar-refractivity contribution in [1.29, 1.82) is 0 Å². The predicted octanol–water partition coefficient (Wildman–Crippen LogP) is 0.855. The fraction of sp³-hybridized carbons (Fsp3) is 0.467. The number of primary sulfonamides is 1. The van der Waals surface area contributed by atoms with E-state index >= 15 is 0 Å². The van der Waals surface area contributed by atoms with Crippen LogP contribution in [0.3, 0.4) is 0 Å². The molecule has 0 radical (unpaired) electrons. The van der Waals surface area contributed by atoms with Crippen molar-refractivity contribution < 1.29 is 18.0 Å². The first-order valence-corrected chi connectivity index (χ1v) is 9.02. The van der Waals surface area contributed by atoms with Crippen molar-refractivity contribution in [1.82, 2.24) is 10.2 Å². The van der Waals surface area contributed by atoms with Gasteiger partial charge in [-0.25, -0.2) is 18.4 Å². The van der Waals surface area contributed by atoms with E-state index in [2.05, 4.69) is 10.6 Å². The molecule has 0 aliphatic carbocycles. The number of amides is 3. The second-order valence-electron chi connectivity index (χ2n) is 6.74. The zero-order valence-corrected chi connectivity index (χ0v) is 14.7. The summed E-state index contributed by atoms with van der Waals surface area (Å²) < 4.78 is 22.4. The Balaban J connectivity index is 1.94. The monoisotopic (exact) mass is 354 g/mol. The van der Waals surface area contributed by atoms with E-state index in [1.165, 1.54) is 24.3 Å². The zero-order valence-electron chi connectivity index (χ0n) is 13.9. The highest BCUT2D eigenvalue weighted by Gasteiger charge is 2.36. The third-order valence-corrected chi connectivity index (χ3v) is 4.64. The molecule has 1 fully saturated rings. The van der Waals surface area contributed by atoms with Gasteiger partial charge in [-0.15, -0.1) is 0 Å². The second kappa shape index (κ2) is 6.40. The lowest BCUT2D eigenvalue weighted by molar-refractivity contribution is -0.131. The molecule has 4 N–H and O–H groups in total. The third-order valence-electron chi connectivity index (χ3n) is 3.71. The van der Waals surface area contributed by atoms with Gasteiger partial charge in [0.25, 0.3) is 0 Å². The number of benzene rings is 1. The van der Waals surface area contributed by atoms with Crippen LogP contribution in [0.1, 0.15) is 27.2 Å². The van der Waals surface area contributed by atoms with Crippen LogP contribution < -0.4 is 15.8 Å². The minimum Gasteiger partial charge on any atom is -0.336 e. The Morgan fingerprint density at radius 3 is 2.29 bits per heavy atom. The Kier molecular flexibility index (Phi) is 4.86. The number of nitrogens with zero attached hydrogens (tertiary/aromatic N) is 1. The van der Waals surface area contributed by atoms with E-state index in [1.54, 1.807) is 4.90 Å². The van der Waals surface area contributed by atoms with E-state index in [4.69, 9.17) is 5.14 Å². The van der Waals surface area contributed by atoms with Crippen molar-refractivity contribution in [3.05, 3.63) is 24.3 Å². The maximum atomic E-state index is 12.0. The third kappa shape index (κ3) is 4.45. The molecule has 9 heteroatoms. The van der Waals surface area contributed by atoms with Gasteiger partial charge in [0, 0.05) is 24.2 Å². The van der Waals surface area contributed by atoms with E-state index in [9.17, 15) is 18.0 Å². The van der Waals surface area contributed by atoms with Crippen molar-refractivity contribution in [2.24, 2.45) is 5.14 Å². The number of anilines is 1. The molecule has 1 aromatic rings. The van der Waals surface area contributed by atoms with Crippen LogP contribution in [0.2, 0.25) is 0 Å². The van der Waals surface area contributed by atoms with Gasteiger partial charge in [0.15, 0.2) is 0 Å². The molecule has 24 heavy (non-hydrogen) atoms. The minimum atomic E-state index is -3.76. The molecule has 2 rings (SSSR count). The lowest BCUT2D eigenvalue weighted by Crippen LogP contribution is -2.45. The van der Waals surface area contributed by atoms with Crippen molar-refractivity contribution >= 4 is 27.6 Å². The highest BCUT2D eigenvalue weighted by molar-refractivity contribution is 7.89. The molecular weight excluding hydrogens is 332 g/mol. The predicted molar refractivity (Wildman–Crippen MR) is 89.8 cm³/mol. The summed E-state index contributed by atoms with van der Waals surface area (Å²) >= 11 is 0. The Hall–Kier alpha value is -2.13. The molecule has 0 spiro atoms. The molecule has 1 aliphatic heterocycles. The summed E-state index contributed by atoms with van der Waals surface area (Å²) in [6, 6.07) is 4.80. The number of carbonyl (C=O) groups is 2. The van der Waals surface area contributed by atoms with Crippen LogP contribution in [0, 0.1) is 0 Å². The molecule has 1 atom stereocenters. The average Bonchev–Trinajstić information content (AvgIpc) is 2.79. The molecule has 1 unspecified atom stereocenters. The van der Waals surface area contributed by atoms with Crippen molar-refractivity contribution in [2.45, 2.75) is 43.7 Å². The molecule has 1 aromatic carbocycles. The minimum absolute atomic E-state index is 0.00491. The Morgan fingerprint density at radius 2 is 1.83 bits per heavy atom. The van der Waals surface area contributed by atoms with Gasteiger partial charge in [-0.2, -0.15) is 0 Å². The molecule has 1 saturated heterocycles. The fourth-order valence-corrected chi connectivity index (χ4v) is 3.05. The van der Waals surface area contributed by atoms with E-state index in [0.29, 0.717) is 12.2 Å². The van der Waals surface area contributed by atoms with Gasteiger partial charge < -0.3 is 15.5 Å². The van der Waals surface area contributed by atoms with Crippen LogP contribution >= 0.6 is 0 Å². The van der Waals surface area contributed by atoms with Crippen LogP contribution in [-0.4, -0.2) is 43.4 Å². The number of hydrogen-bond acceptors (Lipinski definition) is 4. The van der Waals surface area contributed by atoms with Crippen LogP contribution in [0.15, 0.2) is 29.2 Å². The molecule has 0 saturated carbocycles. The number of likely N-dealkylation sites (tertiary alicyclic amines) is 1. The van der Waals surface area contributed by atoms with Crippen molar-refractivity contribution in [2.75, 3.05) is 11.9 Å². The largest absolute Gasteiger partial charge is 0.336 e. The Labute approximate surface area is 141 Å². The van der Waals surface area contributed by atoms with Crippen LogP contribution in [0.25, 0.3) is 0 Å². The highest BCUT2D eigenvalue weighted by atomic mass is 32.2. The van der Waals surface area contributed by atoms with Crippen LogP contribution in [-0.2, 0) is 14.8 Å². The topological polar surface area (TPSA) is 122 Å². The van der Waals surface area contributed by atoms with E-state index in [1.807, 2.05) is 20.8 Å². The number of urea groups is 1. The molecule has 1 aliphatic rings. The number of carbonyl (C=O) groups excluding carboxylic acids is 2. The lowest BCUT2D eigenvalue weighted by atomic mass is 10.1. The van der Waals surface area contributed by atoms with Crippen molar-refractivity contribution in [3.8, 4) is 0 Å². The number of nitrogens with two attached hydrogens (primary N) is 1. The maximum absolute atomic E-state index is 12.0. The summed E-state index contributed by atoms with van der Waals surface area (Å²) in [5, 5.41) is 10.4. The van der Waals surface area contributed by atoms with Crippen LogP contribution in [0.4, 0.5) is 10.5 Å². The van der Waals surface area contributed by atoms with Crippen LogP contribution in [0.5, 0.6) is 0 Å². The number of sulfonamides is 1. The van der Waals surface area contributed by atoms with Gasteiger partial charge >= 0.3 is 6.03 Å². The lowest BCUT2D eigenvalue weighted by Gasteiger charge is -2.32. The maximum Gasteiger partial charge on any atom is 0.319 e. The summed E-state index contributed by atoms with van der Waals surface area (Å²) in [5.74, 6) is 0.00491. The zero-order chi connectivity index (χ0) is 18.1. The van der Waals surface area contributed by atoms with Gasteiger partial charge in [0.05, 0.1) is 10.9 Å². The average molecular weight is 354 g/mol. The smallest absolute Gasteiger partial charge is 0.319 e. The summed E-state index contributed by atoms with van der Waals surface area (Å²) in [7, 11) is -3.76. The first-order valence-electron chi connectivity index (χ1n) is 7.47. The van der Waals surface area contributed by atoms with Gasteiger partial charge in [0.1, 0.15) is 0 Å². The number of nitrogens with one attached hydrogen (secondary N) is 2. The summed E-state index contributed by atoms with van der Waals surface area (Å²) in [4.78, 5) is 25.7. The van der Waals surface area contributed by atoms with E-state index in [0.717, 1.165) is 0 Å². The molecule has 0 bridgehead atoms. The highest BCUT2D eigenvalue weighted by Crippen LogP contribution is 2.22. The molecule has 3 amide bonds. The molecule has 1 heterocycles. The summed E-state index contributed by atoms with van der Waals surface area (Å²) in [5.41, 5.74) is 0.143. The first kappa shape index (κ1) is 18.2. The second-order valence-corrected chi connectivity index (χ2v) is 8.31. The normalized spacial score (nSPS) is 18.6. The molecule has 0 aromatic heterocycles. The molecule has 132 valence electrons. The Morgan fingerprint density at radius 1 is 1.25 bits per heavy atom.